The minimum Gasteiger partial charge on any atom is -0.502 e. The van der Waals surface area contributed by atoms with Crippen LogP contribution in [0.3, 0.4) is 0 Å². The summed E-state index contributed by atoms with van der Waals surface area (Å²) in [4.78, 5) is 75.4. The number of aromatic hydroxyl groups is 1. The molecule has 20 heteroatoms. The van der Waals surface area contributed by atoms with Crippen LogP contribution in [0.25, 0.3) is 0 Å². The van der Waals surface area contributed by atoms with Crippen molar-refractivity contribution in [2.75, 3.05) is 32.2 Å². The van der Waals surface area contributed by atoms with E-state index in [1.807, 2.05) is 0 Å². The molecule has 1 unspecified atom stereocenters. The van der Waals surface area contributed by atoms with Crippen LogP contribution in [0.5, 0.6) is 17.2 Å². The summed E-state index contributed by atoms with van der Waals surface area (Å²) in [6.07, 6.45) is 0. The van der Waals surface area contributed by atoms with Crippen LogP contribution in [0.2, 0.25) is 0 Å². The fourth-order valence-electron chi connectivity index (χ4n) is 3.59. The summed E-state index contributed by atoms with van der Waals surface area (Å²) < 4.78 is 20.3. The quantitative estimate of drug-likeness (QED) is 0.0261. The lowest BCUT2D eigenvalue weighted by molar-refractivity contribution is -0.386. The van der Waals surface area contributed by atoms with Crippen molar-refractivity contribution in [2.45, 2.75) is 34.6 Å². The molecule has 56 heavy (non-hydrogen) atoms. The molecule has 0 saturated heterocycles. The van der Waals surface area contributed by atoms with Crippen LogP contribution in [-0.4, -0.2) is 76.1 Å². The van der Waals surface area contributed by atoms with Gasteiger partial charge in [-0.3, -0.25) is 34.6 Å². The highest BCUT2D eigenvalue weighted by atomic mass is 31.0. The summed E-state index contributed by atoms with van der Waals surface area (Å²) in [5.74, 6) is -1.71. The van der Waals surface area contributed by atoms with Crippen molar-refractivity contribution in [1.29, 1.82) is 0 Å². The summed E-state index contributed by atoms with van der Waals surface area (Å²) >= 11 is 0. The zero-order valence-corrected chi connectivity index (χ0v) is 33.0. The highest BCUT2D eigenvalue weighted by molar-refractivity contribution is 6.92. The van der Waals surface area contributed by atoms with Crippen molar-refractivity contribution in [3.63, 3.8) is 0 Å². The number of rotatable bonds is 15. The van der Waals surface area contributed by atoms with Crippen LogP contribution in [0.15, 0.2) is 78.9 Å². The molecule has 0 saturated carbocycles. The molecule has 0 radical (unpaired) electrons. The molecule has 0 spiro atoms. The number of hydrogen-bond donors (Lipinski definition) is 3. The first kappa shape index (κ1) is 53.8. The van der Waals surface area contributed by atoms with Gasteiger partial charge in [0.1, 0.15) is 32.2 Å². The Hall–Kier alpha value is -6.56. The van der Waals surface area contributed by atoms with Crippen LogP contribution in [0.4, 0.5) is 17.1 Å². The second-order valence-corrected chi connectivity index (χ2v) is 10.9. The molecule has 0 aliphatic heterocycles. The van der Waals surface area contributed by atoms with Crippen LogP contribution >= 0.6 is 9.90 Å². The molecule has 0 aliphatic carbocycles. The molecule has 0 fully saturated rings. The van der Waals surface area contributed by atoms with E-state index >= 15 is 0 Å². The van der Waals surface area contributed by atoms with Crippen molar-refractivity contribution in [3.05, 3.63) is 116 Å². The van der Waals surface area contributed by atoms with E-state index in [-0.39, 0.29) is 87.9 Å². The maximum absolute atomic E-state index is 11.3. The van der Waals surface area contributed by atoms with Crippen LogP contribution in [0.1, 0.15) is 65.7 Å². The third-order valence-corrected chi connectivity index (χ3v) is 6.41. The highest BCUT2D eigenvalue weighted by Crippen LogP contribution is 2.28. The predicted octanol–water partition coefficient (Wildman–Crippen LogP) is 5.16. The van der Waals surface area contributed by atoms with E-state index < -0.39 is 33.2 Å². The second kappa shape index (κ2) is 26.3. The number of nitro groups is 2. The van der Waals surface area contributed by atoms with Crippen molar-refractivity contribution in [3.8, 4) is 17.2 Å². The lowest BCUT2D eigenvalue weighted by Crippen LogP contribution is -2.13. The molecule has 0 bridgehead atoms. The van der Waals surface area contributed by atoms with Crippen LogP contribution in [-0.2, 0) is 19.1 Å². The zero-order chi connectivity index (χ0) is 40.4. The van der Waals surface area contributed by atoms with Crippen LogP contribution in [0, 0.1) is 20.2 Å². The van der Waals surface area contributed by atoms with E-state index in [0.717, 1.165) is 12.1 Å². The maximum atomic E-state index is 11.3. The van der Waals surface area contributed by atoms with Gasteiger partial charge in [-0.1, -0.05) is 13.2 Å². The molecule has 0 aromatic heterocycles. The first-order valence-corrected chi connectivity index (χ1v) is 15.4. The number of ketones is 3. The van der Waals surface area contributed by atoms with E-state index in [4.69, 9.17) is 29.8 Å². The largest absolute Gasteiger partial charge is 0.502 e. The molecular formula is C36H47N4O15P. The first-order valence-electron chi connectivity index (χ1n) is 15.4. The first-order chi connectivity index (χ1) is 24.8. The highest BCUT2D eigenvalue weighted by Gasteiger charge is 2.17. The number of carbonyl (C=O) groups is 5. The normalized spacial score (nSPS) is 9.23. The molecular weight excluding hydrogens is 759 g/mol. The lowest BCUT2D eigenvalue weighted by atomic mass is 10.1. The predicted molar refractivity (Wildman–Crippen MR) is 211 cm³/mol. The third kappa shape index (κ3) is 18.5. The van der Waals surface area contributed by atoms with E-state index in [9.17, 15) is 44.2 Å². The number of nitro benzene ring substituents is 2. The Kier molecular flexibility index (Phi) is 25.2. The molecule has 0 heterocycles. The molecule has 3 aromatic carbocycles. The minimum atomic E-state index is -0.709. The van der Waals surface area contributed by atoms with Gasteiger partial charge in [-0.15, -0.1) is 0 Å². The van der Waals surface area contributed by atoms with Gasteiger partial charge in [0.15, 0.2) is 28.8 Å². The Labute approximate surface area is 325 Å². The second-order valence-electron chi connectivity index (χ2n) is 10.9. The SMILES string of the molecule is C=C(C)C(=O)OCCOc1cc(C(C)=O)ccc1N.C=C(C)C(=O)OCCOc1cc(C(C)=O)ccc1[N+](=O)[O-].CC(=O)c1ccc([N+](=O)[O-])c(O)c1.N.O.P. The van der Waals surface area contributed by atoms with Gasteiger partial charge in [-0.05, 0) is 77.1 Å². The molecule has 0 amide bonds. The van der Waals surface area contributed by atoms with Gasteiger partial charge in [0.25, 0.3) is 0 Å². The number of hydrogen-bond acceptors (Lipinski definition) is 16. The number of phenols is 1. The van der Waals surface area contributed by atoms with Gasteiger partial charge in [0.2, 0.25) is 0 Å². The number of anilines is 1. The van der Waals surface area contributed by atoms with E-state index in [2.05, 4.69) is 13.2 Å². The monoisotopic (exact) mass is 806 g/mol. The van der Waals surface area contributed by atoms with Crippen molar-refractivity contribution < 1.29 is 63.3 Å². The summed E-state index contributed by atoms with van der Waals surface area (Å²) in [7, 11) is 0. The number of nitrogens with two attached hydrogens (primary N) is 1. The molecule has 306 valence electrons. The third-order valence-electron chi connectivity index (χ3n) is 6.41. The van der Waals surface area contributed by atoms with E-state index in [1.54, 1.807) is 25.1 Å². The van der Waals surface area contributed by atoms with Gasteiger partial charge in [0, 0.05) is 40.0 Å². The number of ether oxygens (including phenoxy) is 4. The fraction of sp³-hybridized carbons (Fsp3) is 0.250. The topological polar surface area (TPSA) is 321 Å². The summed E-state index contributed by atoms with van der Waals surface area (Å²) in [5.41, 5.74) is 7.14. The number of nitrogen functional groups attached to an aromatic ring is 1. The average Bonchev–Trinajstić information content (AvgIpc) is 3.08. The minimum absolute atomic E-state index is 0. The van der Waals surface area contributed by atoms with E-state index in [1.165, 1.54) is 52.0 Å². The van der Waals surface area contributed by atoms with Crippen LogP contribution < -0.4 is 21.4 Å². The smallest absolute Gasteiger partial charge is 0.333 e. The lowest BCUT2D eigenvalue weighted by Gasteiger charge is -2.10. The number of benzene rings is 3. The number of Topliss-reactive ketones (excluding diaryl/α,β-unsaturated/α-hetero) is 3. The van der Waals surface area contributed by atoms with Gasteiger partial charge < -0.3 is 41.4 Å². The fourth-order valence-corrected chi connectivity index (χ4v) is 3.59. The van der Waals surface area contributed by atoms with E-state index in [0.29, 0.717) is 28.1 Å². The summed E-state index contributed by atoms with van der Waals surface area (Å²) in [6.45, 7) is 14.2. The zero-order valence-electron chi connectivity index (χ0n) is 31.6. The van der Waals surface area contributed by atoms with Gasteiger partial charge in [0.05, 0.1) is 15.5 Å². The molecule has 1 atom stereocenters. The number of nitrogens with zero attached hydrogens (tertiary/aromatic N) is 2. The number of carbonyl (C=O) groups excluding carboxylic acids is 5. The van der Waals surface area contributed by atoms with Gasteiger partial charge in [-0.25, -0.2) is 9.59 Å². The molecule has 8 N–H and O–H groups in total. The Bertz CT molecular complexity index is 1910. The number of phenolic OH excluding ortho intramolecular Hbond substituents is 1. The van der Waals surface area contributed by atoms with Crippen molar-refractivity contribution in [2.24, 2.45) is 0 Å². The van der Waals surface area contributed by atoms with Crippen molar-refractivity contribution in [1.82, 2.24) is 6.15 Å². The summed E-state index contributed by atoms with van der Waals surface area (Å²) in [5, 5.41) is 30.3. The summed E-state index contributed by atoms with van der Waals surface area (Å²) in [6, 6.07) is 12.1. The standard InChI is InChI=1S/C14H15NO6.C14H17NO4.C8H7NO4.H3N.H2O.H3P/c1-9(2)14(17)21-7-6-20-13-8-11(10(3)16)4-5-12(13)15(18)19;1-9(2)14(17)19-7-6-18-13-8-11(10(3)16)4-5-12(13)15;1-5(10)6-2-3-7(9(12)13)8(11)4-6;;;/h4-5,8H,1,6-7H2,2-3H3;4-5,8H,1,6-7,15H2,2-3H3;2-4,11H,1H3;1H3;1H2;1H3. The Morgan fingerprint density at radius 3 is 1.38 bits per heavy atom. The Morgan fingerprint density at radius 1 is 0.643 bits per heavy atom. The van der Waals surface area contributed by atoms with Crippen molar-refractivity contribution >= 4 is 56.2 Å². The van der Waals surface area contributed by atoms with Gasteiger partial charge in [-0.2, -0.15) is 9.90 Å². The maximum Gasteiger partial charge on any atom is 0.333 e. The van der Waals surface area contributed by atoms with Gasteiger partial charge >= 0.3 is 23.3 Å². The molecule has 19 nitrogen and oxygen atoms in total. The Balaban J connectivity index is -0.000000750. The average molecular weight is 807 g/mol. The molecule has 0 aliphatic rings. The molecule has 3 rings (SSSR count). The Morgan fingerprint density at radius 2 is 1.00 bits per heavy atom. The number of esters is 2. The molecule has 3 aromatic rings.